The number of carbonyl (C=O) groups excluding carboxylic acids is 2. The lowest BCUT2D eigenvalue weighted by atomic mass is 9.90. The number of Topliss-reactive ketones (excluding diaryl/α,β-unsaturated/α-hetero) is 1. The summed E-state index contributed by atoms with van der Waals surface area (Å²) < 4.78 is 10.7. The maximum atomic E-state index is 12.7. The molecular formula is C19H19NO4S. The summed E-state index contributed by atoms with van der Waals surface area (Å²) in [4.78, 5) is 26.6. The molecule has 1 unspecified atom stereocenters. The molecule has 1 N–H and O–H groups in total. The van der Waals surface area contributed by atoms with Crippen LogP contribution < -0.4 is 14.8 Å². The number of thiophene rings is 1. The van der Waals surface area contributed by atoms with Gasteiger partial charge in [-0.1, -0.05) is 6.92 Å². The minimum Gasteiger partial charge on any atom is -0.454 e. The standard InChI is InChI=1S/C19H19NO4S/c1-10-3-4-17-12(5-10)6-18(25-17)19(22)20-14-8-16-15(23-9-24-16)7-13(14)11(2)21/h6-8,10H,3-5,9H2,1-2H3,(H,20,22). The number of ketones is 1. The molecule has 1 amide bonds. The second-order valence-electron chi connectivity index (χ2n) is 6.67. The van der Waals surface area contributed by atoms with Crippen molar-refractivity contribution in [2.45, 2.75) is 33.1 Å². The Morgan fingerprint density at radius 3 is 2.72 bits per heavy atom. The molecule has 1 atom stereocenters. The Balaban J connectivity index is 1.62. The summed E-state index contributed by atoms with van der Waals surface area (Å²) in [6.07, 6.45) is 3.24. The molecule has 4 rings (SSSR count). The molecule has 1 aromatic heterocycles. The van der Waals surface area contributed by atoms with Gasteiger partial charge in [-0.25, -0.2) is 0 Å². The van der Waals surface area contributed by atoms with Gasteiger partial charge >= 0.3 is 0 Å². The molecule has 2 heterocycles. The van der Waals surface area contributed by atoms with Crippen molar-refractivity contribution in [1.82, 2.24) is 0 Å². The molecule has 0 radical (unpaired) electrons. The molecule has 0 fully saturated rings. The second-order valence-corrected chi connectivity index (χ2v) is 7.81. The number of fused-ring (bicyclic) bond motifs is 2. The van der Waals surface area contributed by atoms with Gasteiger partial charge in [-0.3, -0.25) is 9.59 Å². The van der Waals surface area contributed by atoms with Gasteiger partial charge in [-0.15, -0.1) is 11.3 Å². The van der Waals surface area contributed by atoms with E-state index in [2.05, 4.69) is 12.2 Å². The van der Waals surface area contributed by atoms with Crippen LogP contribution in [0, 0.1) is 5.92 Å². The Labute approximate surface area is 150 Å². The highest BCUT2D eigenvalue weighted by molar-refractivity contribution is 7.14. The van der Waals surface area contributed by atoms with Crippen LogP contribution in [0.1, 0.15) is 50.7 Å². The van der Waals surface area contributed by atoms with Gasteiger partial charge in [0.1, 0.15) is 0 Å². The summed E-state index contributed by atoms with van der Waals surface area (Å²) in [5.41, 5.74) is 2.17. The molecule has 0 saturated carbocycles. The molecule has 25 heavy (non-hydrogen) atoms. The van der Waals surface area contributed by atoms with Gasteiger partial charge in [0.2, 0.25) is 6.79 Å². The lowest BCUT2D eigenvalue weighted by Crippen LogP contribution is -2.13. The highest BCUT2D eigenvalue weighted by Crippen LogP contribution is 2.38. The lowest BCUT2D eigenvalue weighted by molar-refractivity contribution is 0.101. The molecule has 2 aliphatic rings. The number of hydrogen-bond donors (Lipinski definition) is 1. The number of rotatable bonds is 3. The van der Waals surface area contributed by atoms with Crippen LogP contribution in [-0.2, 0) is 12.8 Å². The van der Waals surface area contributed by atoms with E-state index >= 15 is 0 Å². The van der Waals surface area contributed by atoms with Gasteiger partial charge < -0.3 is 14.8 Å². The van der Waals surface area contributed by atoms with Crippen molar-refractivity contribution in [2.75, 3.05) is 12.1 Å². The predicted octanol–water partition coefficient (Wildman–Crippen LogP) is 4.06. The van der Waals surface area contributed by atoms with Crippen molar-refractivity contribution in [1.29, 1.82) is 0 Å². The van der Waals surface area contributed by atoms with Crippen LogP contribution >= 0.6 is 11.3 Å². The van der Waals surface area contributed by atoms with E-state index in [-0.39, 0.29) is 18.5 Å². The quantitative estimate of drug-likeness (QED) is 0.842. The fraction of sp³-hybridized carbons (Fsp3) is 0.368. The van der Waals surface area contributed by atoms with Crippen LogP contribution in [0.3, 0.4) is 0 Å². The molecule has 5 nitrogen and oxygen atoms in total. The van der Waals surface area contributed by atoms with Gasteiger partial charge in [-0.2, -0.15) is 0 Å². The Kier molecular flexibility index (Phi) is 4.00. The van der Waals surface area contributed by atoms with Crippen molar-refractivity contribution in [3.63, 3.8) is 0 Å². The normalized spacial score (nSPS) is 17.9. The van der Waals surface area contributed by atoms with Crippen LogP contribution in [0.4, 0.5) is 5.69 Å². The monoisotopic (exact) mass is 357 g/mol. The van der Waals surface area contributed by atoms with E-state index in [1.165, 1.54) is 23.8 Å². The number of anilines is 1. The van der Waals surface area contributed by atoms with Gasteiger partial charge in [-0.05, 0) is 49.8 Å². The Morgan fingerprint density at radius 1 is 1.20 bits per heavy atom. The van der Waals surface area contributed by atoms with E-state index in [1.807, 2.05) is 6.07 Å². The van der Waals surface area contributed by atoms with Crippen molar-refractivity contribution >= 4 is 28.7 Å². The Hall–Kier alpha value is -2.34. The molecule has 0 bridgehead atoms. The smallest absolute Gasteiger partial charge is 0.265 e. The summed E-state index contributed by atoms with van der Waals surface area (Å²) in [5, 5.41) is 2.87. The molecule has 130 valence electrons. The number of nitrogens with one attached hydrogen (secondary N) is 1. The molecule has 1 aliphatic heterocycles. The van der Waals surface area contributed by atoms with Gasteiger partial charge in [0.05, 0.1) is 10.6 Å². The van der Waals surface area contributed by atoms with Crippen LogP contribution in [0.2, 0.25) is 0 Å². The molecule has 1 aromatic carbocycles. The predicted molar refractivity (Wildman–Crippen MR) is 96.0 cm³/mol. The number of benzene rings is 1. The number of ether oxygens (including phenoxy) is 2. The van der Waals surface area contributed by atoms with E-state index in [4.69, 9.17) is 9.47 Å². The molecule has 2 aromatic rings. The lowest BCUT2D eigenvalue weighted by Gasteiger charge is -2.16. The maximum absolute atomic E-state index is 12.7. The minimum atomic E-state index is -0.187. The fourth-order valence-electron chi connectivity index (χ4n) is 3.34. The summed E-state index contributed by atoms with van der Waals surface area (Å²) >= 11 is 1.55. The van der Waals surface area contributed by atoms with E-state index < -0.39 is 0 Å². The molecule has 6 heteroatoms. The van der Waals surface area contributed by atoms with Gasteiger partial charge in [0.15, 0.2) is 17.3 Å². The summed E-state index contributed by atoms with van der Waals surface area (Å²) in [5.74, 6) is 1.42. The Morgan fingerprint density at radius 2 is 1.96 bits per heavy atom. The first-order chi connectivity index (χ1) is 12.0. The zero-order chi connectivity index (χ0) is 17.6. The van der Waals surface area contributed by atoms with Crippen molar-refractivity contribution in [2.24, 2.45) is 5.92 Å². The van der Waals surface area contributed by atoms with Crippen molar-refractivity contribution in [3.8, 4) is 11.5 Å². The van der Waals surface area contributed by atoms with Crippen LogP contribution in [0.25, 0.3) is 0 Å². The zero-order valence-corrected chi connectivity index (χ0v) is 15.0. The first kappa shape index (κ1) is 16.1. The number of hydrogen-bond acceptors (Lipinski definition) is 5. The van der Waals surface area contributed by atoms with E-state index in [0.717, 1.165) is 12.8 Å². The first-order valence-corrected chi connectivity index (χ1v) is 9.20. The van der Waals surface area contributed by atoms with Gasteiger partial charge in [0.25, 0.3) is 5.91 Å². The third-order valence-electron chi connectivity index (χ3n) is 4.69. The average molecular weight is 357 g/mol. The van der Waals surface area contributed by atoms with Crippen molar-refractivity contribution in [3.05, 3.63) is 39.1 Å². The molecule has 0 saturated heterocycles. The average Bonchev–Trinajstić information content (AvgIpc) is 3.19. The number of carbonyl (C=O) groups is 2. The van der Waals surface area contributed by atoms with Crippen molar-refractivity contribution < 1.29 is 19.1 Å². The third-order valence-corrected chi connectivity index (χ3v) is 5.93. The molecule has 1 aliphatic carbocycles. The molecular weight excluding hydrogens is 338 g/mol. The molecule has 0 spiro atoms. The third kappa shape index (κ3) is 3.02. The fourth-order valence-corrected chi connectivity index (χ4v) is 4.44. The summed E-state index contributed by atoms with van der Waals surface area (Å²) in [6.45, 7) is 3.84. The van der Waals surface area contributed by atoms with Crippen LogP contribution in [-0.4, -0.2) is 18.5 Å². The van der Waals surface area contributed by atoms with Crippen LogP contribution in [0.15, 0.2) is 18.2 Å². The number of amides is 1. The SMILES string of the molecule is CC(=O)c1cc2c(cc1NC(=O)c1cc3c(s1)CCC(C)C3)OCO2. The number of aryl methyl sites for hydroxylation is 1. The highest BCUT2D eigenvalue weighted by Gasteiger charge is 2.23. The topological polar surface area (TPSA) is 64.6 Å². The van der Waals surface area contributed by atoms with E-state index in [1.54, 1.807) is 23.5 Å². The zero-order valence-electron chi connectivity index (χ0n) is 14.2. The maximum Gasteiger partial charge on any atom is 0.265 e. The Bertz CT molecular complexity index is 871. The van der Waals surface area contributed by atoms with Gasteiger partial charge in [0, 0.05) is 16.5 Å². The van der Waals surface area contributed by atoms with E-state index in [9.17, 15) is 9.59 Å². The van der Waals surface area contributed by atoms with E-state index in [0.29, 0.717) is 33.5 Å². The first-order valence-electron chi connectivity index (χ1n) is 8.39. The summed E-state index contributed by atoms with van der Waals surface area (Å²) in [6, 6.07) is 5.28. The van der Waals surface area contributed by atoms with Crippen LogP contribution in [0.5, 0.6) is 11.5 Å². The highest BCUT2D eigenvalue weighted by atomic mass is 32.1. The minimum absolute atomic E-state index is 0.125. The summed E-state index contributed by atoms with van der Waals surface area (Å²) in [7, 11) is 0. The second kappa shape index (κ2) is 6.19. The largest absolute Gasteiger partial charge is 0.454 e.